The van der Waals surface area contributed by atoms with Gasteiger partial charge in [-0.3, -0.25) is 14.9 Å². The zero-order chi connectivity index (χ0) is 13.9. The minimum absolute atomic E-state index is 0.0468. The highest BCUT2D eigenvalue weighted by atomic mass is 16.1. The van der Waals surface area contributed by atoms with Crippen LogP contribution in [0.15, 0.2) is 59.7 Å². The van der Waals surface area contributed by atoms with E-state index in [2.05, 4.69) is 10.1 Å². The minimum Gasteiger partial charge on any atom is -0.295 e. The van der Waals surface area contributed by atoms with Gasteiger partial charge in [0, 0.05) is 30.6 Å². The molecule has 0 amide bonds. The normalized spacial score (nSPS) is 10.7. The average molecular weight is 265 g/mol. The Balaban J connectivity index is 1.94. The Morgan fingerprint density at radius 1 is 1.20 bits per heavy atom. The summed E-state index contributed by atoms with van der Waals surface area (Å²) in [5.41, 5.74) is 3.88. The third kappa shape index (κ3) is 2.54. The summed E-state index contributed by atoms with van der Waals surface area (Å²) in [5, 5.41) is 3.15. The molecule has 20 heavy (non-hydrogen) atoms. The summed E-state index contributed by atoms with van der Waals surface area (Å²) in [6, 6.07) is 13.4. The van der Waals surface area contributed by atoms with Crippen LogP contribution in [-0.4, -0.2) is 14.8 Å². The van der Waals surface area contributed by atoms with E-state index < -0.39 is 0 Å². The molecule has 2 heterocycles. The van der Waals surface area contributed by atoms with Crippen molar-refractivity contribution in [2.24, 2.45) is 0 Å². The first-order valence-corrected chi connectivity index (χ1v) is 6.49. The predicted octanol–water partition coefficient (Wildman–Crippen LogP) is 2.46. The van der Waals surface area contributed by atoms with E-state index in [1.807, 2.05) is 49.5 Å². The lowest BCUT2D eigenvalue weighted by Crippen LogP contribution is -2.13. The number of H-pyrrole nitrogens is 1. The maximum atomic E-state index is 12.1. The smallest absolute Gasteiger partial charge is 0.271 e. The van der Waals surface area contributed by atoms with Gasteiger partial charge in [0.1, 0.15) is 0 Å². The molecule has 0 fully saturated rings. The molecule has 0 unspecified atom stereocenters. The van der Waals surface area contributed by atoms with Crippen molar-refractivity contribution in [2.75, 3.05) is 0 Å². The van der Waals surface area contributed by atoms with E-state index in [0.29, 0.717) is 6.42 Å². The number of nitrogens with one attached hydrogen (secondary N) is 1. The molecule has 0 saturated heterocycles. The highest BCUT2D eigenvalue weighted by Gasteiger charge is 2.06. The van der Waals surface area contributed by atoms with E-state index in [4.69, 9.17) is 0 Å². The molecule has 0 radical (unpaired) electrons. The highest BCUT2D eigenvalue weighted by molar-refractivity contribution is 5.35. The summed E-state index contributed by atoms with van der Waals surface area (Å²) < 4.78 is 1.57. The molecule has 1 aromatic carbocycles. The molecule has 2 aromatic heterocycles. The van der Waals surface area contributed by atoms with Gasteiger partial charge in [0.05, 0.1) is 5.69 Å². The van der Waals surface area contributed by atoms with E-state index in [1.165, 1.54) is 0 Å². The average Bonchev–Trinajstić information content (AvgIpc) is 2.81. The summed E-state index contributed by atoms with van der Waals surface area (Å²) in [7, 11) is 0. The number of hydrogen-bond acceptors (Lipinski definition) is 2. The van der Waals surface area contributed by atoms with Crippen molar-refractivity contribution in [1.29, 1.82) is 0 Å². The van der Waals surface area contributed by atoms with E-state index in [-0.39, 0.29) is 5.56 Å². The number of aryl methyl sites for hydroxylation is 1. The van der Waals surface area contributed by atoms with Crippen molar-refractivity contribution >= 4 is 0 Å². The first-order valence-electron chi connectivity index (χ1n) is 6.49. The zero-order valence-corrected chi connectivity index (χ0v) is 11.2. The quantitative estimate of drug-likeness (QED) is 0.791. The number of rotatable bonds is 3. The number of hydrogen-bond donors (Lipinski definition) is 1. The van der Waals surface area contributed by atoms with Crippen molar-refractivity contribution in [3.05, 3.63) is 82.0 Å². The van der Waals surface area contributed by atoms with Gasteiger partial charge in [0.2, 0.25) is 0 Å². The van der Waals surface area contributed by atoms with E-state index in [9.17, 15) is 4.79 Å². The van der Waals surface area contributed by atoms with Gasteiger partial charge in [-0.1, -0.05) is 18.2 Å². The third-order valence-corrected chi connectivity index (χ3v) is 3.15. The molecular formula is C16H15N3O. The van der Waals surface area contributed by atoms with Crippen molar-refractivity contribution in [2.45, 2.75) is 13.3 Å². The Morgan fingerprint density at radius 3 is 2.85 bits per heavy atom. The fourth-order valence-electron chi connectivity index (χ4n) is 2.22. The van der Waals surface area contributed by atoms with Crippen molar-refractivity contribution in [3.63, 3.8) is 0 Å². The fourth-order valence-corrected chi connectivity index (χ4v) is 2.22. The van der Waals surface area contributed by atoms with Gasteiger partial charge in [-0.05, 0) is 36.2 Å². The second-order valence-corrected chi connectivity index (χ2v) is 4.83. The van der Waals surface area contributed by atoms with Gasteiger partial charge in [0.25, 0.3) is 5.56 Å². The molecule has 4 heteroatoms. The van der Waals surface area contributed by atoms with Crippen LogP contribution in [0.3, 0.4) is 0 Å². The molecule has 100 valence electrons. The Hall–Kier alpha value is -2.62. The molecular weight excluding hydrogens is 250 g/mol. The first-order chi connectivity index (χ1) is 9.72. The third-order valence-electron chi connectivity index (χ3n) is 3.15. The van der Waals surface area contributed by atoms with Gasteiger partial charge in [-0.2, -0.15) is 0 Å². The number of nitrogens with zero attached hydrogens (tertiary/aromatic N) is 2. The Labute approximate surface area is 116 Å². The van der Waals surface area contributed by atoms with Crippen molar-refractivity contribution < 1.29 is 0 Å². The summed E-state index contributed by atoms with van der Waals surface area (Å²) in [5.74, 6) is 0. The number of pyridine rings is 1. The van der Waals surface area contributed by atoms with Crippen molar-refractivity contribution in [1.82, 2.24) is 14.8 Å². The largest absolute Gasteiger partial charge is 0.295 e. The van der Waals surface area contributed by atoms with Crippen LogP contribution in [-0.2, 0) is 6.42 Å². The lowest BCUT2D eigenvalue weighted by molar-refractivity contribution is 0.823. The Kier molecular flexibility index (Phi) is 3.21. The predicted molar refractivity (Wildman–Crippen MR) is 78.2 cm³/mol. The molecule has 0 bridgehead atoms. The summed E-state index contributed by atoms with van der Waals surface area (Å²) in [6.45, 7) is 2.01. The monoisotopic (exact) mass is 265 g/mol. The Bertz CT molecular complexity index is 772. The number of aromatic amines is 1. The SMILES string of the molecule is Cc1cccc(-n2[nH]c(Cc3cccnc3)cc2=O)c1. The second-order valence-electron chi connectivity index (χ2n) is 4.83. The van der Waals surface area contributed by atoms with Crippen LogP contribution in [0, 0.1) is 6.92 Å². The van der Waals surface area contributed by atoms with Crippen LogP contribution in [0.2, 0.25) is 0 Å². The van der Waals surface area contributed by atoms with Crippen LogP contribution in [0.25, 0.3) is 5.69 Å². The molecule has 0 atom stereocenters. The van der Waals surface area contributed by atoms with Gasteiger partial charge in [0.15, 0.2) is 0 Å². The summed E-state index contributed by atoms with van der Waals surface area (Å²) in [4.78, 5) is 16.1. The topological polar surface area (TPSA) is 50.7 Å². The molecule has 1 N–H and O–H groups in total. The molecule has 0 aliphatic heterocycles. The van der Waals surface area contributed by atoms with Crippen LogP contribution in [0.1, 0.15) is 16.8 Å². The van der Waals surface area contributed by atoms with Gasteiger partial charge < -0.3 is 0 Å². The lowest BCUT2D eigenvalue weighted by Gasteiger charge is -2.03. The van der Waals surface area contributed by atoms with Crippen molar-refractivity contribution in [3.8, 4) is 5.69 Å². The number of benzene rings is 1. The van der Waals surface area contributed by atoms with Crippen LogP contribution >= 0.6 is 0 Å². The van der Waals surface area contributed by atoms with Gasteiger partial charge >= 0.3 is 0 Å². The fraction of sp³-hybridized carbons (Fsp3) is 0.125. The summed E-state index contributed by atoms with van der Waals surface area (Å²) >= 11 is 0. The van der Waals surface area contributed by atoms with Crippen LogP contribution < -0.4 is 5.56 Å². The van der Waals surface area contributed by atoms with E-state index in [0.717, 1.165) is 22.5 Å². The van der Waals surface area contributed by atoms with E-state index in [1.54, 1.807) is 16.9 Å². The molecule has 0 saturated carbocycles. The molecule has 0 aliphatic carbocycles. The molecule has 4 nitrogen and oxygen atoms in total. The van der Waals surface area contributed by atoms with E-state index >= 15 is 0 Å². The van der Waals surface area contributed by atoms with Gasteiger partial charge in [-0.15, -0.1) is 0 Å². The van der Waals surface area contributed by atoms with Gasteiger partial charge in [-0.25, -0.2) is 4.68 Å². The summed E-state index contributed by atoms with van der Waals surface area (Å²) in [6.07, 6.45) is 4.22. The maximum absolute atomic E-state index is 12.1. The Morgan fingerprint density at radius 2 is 2.10 bits per heavy atom. The highest BCUT2D eigenvalue weighted by Crippen LogP contribution is 2.09. The number of aromatic nitrogens is 3. The molecule has 3 aromatic rings. The van der Waals surface area contributed by atoms with Crippen LogP contribution in [0.5, 0.6) is 0 Å². The minimum atomic E-state index is -0.0468. The first kappa shape index (κ1) is 12.4. The molecule has 0 spiro atoms. The maximum Gasteiger partial charge on any atom is 0.271 e. The second kappa shape index (κ2) is 5.17. The molecule has 3 rings (SSSR count). The van der Waals surface area contributed by atoms with Crippen LogP contribution in [0.4, 0.5) is 0 Å². The lowest BCUT2D eigenvalue weighted by atomic mass is 10.2. The standard InChI is InChI=1S/C16H15N3O/c1-12-4-2-6-15(8-12)19-16(20)10-14(18-19)9-13-5-3-7-17-11-13/h2-8,10-11,18H,9H2,1H3. The molecule has 0 aliphatic rings. The zero-order valence-electron chi connectivity index (χ0n) is 11.2.